The first-order valence-electron chi connectivity index (χ1n) is 7.84. The summed E-state index contributed by atoms with van der Waals surface area (Å²) in [5, 5.41) is 4.87. The quantitative estimate of drug-likeness (QED) is 0.671. The Balaban J connectivity index is 1.58. The molecule has 0 unspecified atom stereocenters. The molecule has 0 fully saturated rings. The topological polar surface area (TPSA) is 38.3 Å². The summed E-state index contributed by atoms with van der Waals surface area (Å²) >= 11 is 1.46. The minimum Gasteiger partial charge on any atom is -0.492 e. The van der Waals surface area contributed by atoms with Gasteiger partial charge in [0, 0.05) is 5.56 Å². The lowest BCUT2D eigenvalue weighted by atomic mass is 10.0. The summed E-state index contributed by atoms with van der Waals surface area (Å²) in [6, 6.07) is 19.8. The van der Waals surface area contributed by atoms with E-state index in [-0.39, 0.29) is 5.91 Å². The number of amides is 1. The van der Waals surface area contributed by atoms with Gasteiger partial charge in [0.25, 0.3) is 5.91 Å². The largest absolute Gasteiger partial charge is 0.492 e. The van der Waals surface area contributed by atoms with Crippen molar-refractivity contribution in [3.05, 3.63) is 76.5 Å². The van der Waals surface area contributed by atoms with Crippen molar-refractivity contribution >= 4 is 17.2 Å². The highest BCUT2D eigenvalue weighted by Gasteiger charge is 2.14. The monoisotopic (exact) mass is 337 g/mol. The van der Waals surface area contributed by atoms with Gasteiger partial charge in [0.15, 0.2) is 0 Å². The summed E-state index contributed by atoms with van der Waals surface area (Å²) < 4.78 is 5.59. The lowest BCUT2D eigenvalue weighted by Crippen LogP contribution is -2.27. The molecule has 122 valence electrons. The Labute approximate surface area is 145 Å². The van der Waals surface area contributed by atoms with Gasteiger partial charge < -0.3 is 10.1 Å². The minimum absolute atomic E-state index is 0.0581. The van der Waals surface area contributed by atoms with Gasteiger partial charge in [0.2, 0.25) is 0 Å². The van der Waals surface area contributed by atoms with Crippen molar-refractivity contribution in [3.8, 4) is 16.9 Å². The average molecular weight is 337 g/mol. The fourth-order valence-electron chi connectivity index (χ4n) is 2.38. The van der Waals surface area contributed by atoms with Crippen LogP contribution < -0.4 is 10.1 Å². The summed E-state index contributed by atoms with van der Waals surface area (Å²) in [6.45, 7) is 2.97. The van der Waals surface area contributed by atoms with Crippen LogP contribution in [0.25, 0.3) is 11.1 Å². The molecule has 1 amide bonds. The van der Waals surface area contributed by atoms with E-state index in [0.29, 0.717) is 13.2 Å². The molecule has 0 spiro atoms. The Morgan fingerprint density at radius 3 is 2.54 bits per heavy atom. The number of hydrogen-bond donors (Lipinski definition) is 1. The highest BCUT2D eigenvalue weighted by molar-refractivity contribution is 7.12. The summed E-state index contributed by atoms with van der Waals surface area (Å²) in [5.74, 6) is 0.750. The SMILES string of the molecule is Cc1ccc(-c2ccsc2C(=O)NCCOc2ccccc2)cc1. The maximum Gasteiger partial charge on any atom is 0.262 e. The van der Waals surface area contributed by atoms with Gasteiger partial charge >= 0.3 is 0 Å². The van der Waals surface area contributed by atoms with Crippen LogP contribution >= 0.6 is 11.3 Å². The third-order valence-corrected chi connectivity index (χ3v) is 4.55. The minimum atomic E-state index is -0.0581. The lowest BCUT2D eigenvalue weighted by Gasteiger charge is -2.08. The first kappa shape index (κ1) is 16.3. The van der Waals surface area contributed by atoms with Gasteiger partial charge in [-0.1, -0.05) is 48.0 Å². The Kier molecular flexibility index (Phi) is 5.29. The second-order valence-corrected chi connectivity index (χ2v) is 6.36. The number of carbonyl (C=O) groups excluding carboxylic acids is 1. The van der Waals surface area contributed by atoms with Crippen molar-refractivity contribution < 1.29 is 9.53 Å². The number of para-hydroxylation sites is 1. The number of carbonyl (C=O) groups is 1. The molecule has 1 aromatic heterocycles. The maximum absolute atomic E-state index is 12.4. The van der Waals surface area contributed by atoms with E-state index in [4.69, 9.17) is 4.74 Å². The van der Waals surface area contributed by atoms with Crippen LogP contribution in [-0.2, 0) is 0 Å². The van der Waals surface area contributed by atoms with Gasteiger partial charge in [-0.3, -0.25) is 4.79 Å². The van der Waals surface area contributed by atoms with Gasteiger partial charge in [0.1, 0.15) is 12.4 Å². The Morgan fingerprint density at radius 2 is 1.79 bits per heavy atom. The smallest absolute Gasteiger partial charge is 0.262 e. The first-order chi connectivity index (χ1) is 11.7. The molecule has 3 rings (SSSR count). The van der Waals surface area contributed by atoms with Crippen LogP contribution in [0.1, 0.15) is 15.2 Å². The second kappa shape index (κ2) is 7.79. The summed E-state index contributed by atoms with van der Waals surface area (Å²) in [7, 11) is 0. The van der Waals surface area contributed by atoms with Crippen LogP contribution in [0.4, 0.5) is 0 Å². The molecule has 0 aliphatic carbocycles. The molecule has 1 N–H and O–H groups in total. The molecule has 0 aliphatic rings. The van der Waals surface area contributed by atoms with E-state index in [2.05, 4.69) is 24.4 Å². The van der Waals surface area contributed by atoms with Crippen LogP contribution in [-0.4, -0.2) is 19.1 Å². The zero-order valence-electron chi connectivity index (χ0n) is 13.5. The molecule has 0 radical (unpaired) electrons. The molecule has 3 nitrogen and oxygen atoms in total. The summed E-state index contributed by atoms with van der Waals surface area (Å²) in [5.41, 5.74) is 3.24. The molecule has 0 atom stereocenters. The van der Waals surface area contributed by atoms with E-state index >= 15 is 0 Å². The van der Waals surface area contributed by atoms with Gasteiger partial charge in [0.05, 0.1) is 11.4 Å². The molecule has 0 aliphatic heterocycles. The van der Waals surface area contributed by atoms with Crippen molar-refractivity contribution in [2.45, 2.75) is 6.92 Å². The van der Waals surface area contributed by atoms with E-state index < -0.39 is 0 Å². The van der Waals surface area contributed by atoms with E-state index in [9.17, 15) is 4.79 Å². The van der Waals surface area contributed by atoms with Crippen molar-refractivity contribution in [2.24, 2.45) is 0 Å². The zero-order valence-corrected chi connectivity index (χ0v) is 14.3. The third kappa shape index (κ3) is 4.03. The van der Waals surface area contributed by atoms with Crippen LogP contribution in [0.3, 0.4) is 0 Å². The fraction of sp³-hybridized carbons (Fsp3) is 0.150. The molecule has 1 heterocycles. The molecular formula is C20H19NO2S. The number of rotatable bonds is 6. The van der Waals surface area contributed by atoms with Gasteiger partial charge in [-0.2, -0.15) is 0 Å². The standard InChI is InChI=1S/C20H19NO2S/c1-15-7-9-16(10-8-15)18-11-14-24-19(18)20(22)21-12-13-23-17-5-3-2-4-6-17/h2-11,14H,12-13H2,1H3,(H,21,22). The summed E-state index contributed by atoms with van der Waals surface area (Å²) in [4.78, 5) is 13.2. The second-order valence-electron chi connectivity index (χ2n) is 5.45. The van der Waals surface area contributed by atoms with E-state index in [1.54, 1.807) is 0 Å². The number of thiophene rings is 1. The highest BCUT2D eigenvalue weighted by Crippen LogP contribution is 2.28. The molecular weight excluding hydrogens is 318 g/mol. The van der Waals surface area contributed by atoms with E-state index in [1.807, 2.05) is 53.9 Å². The van der Waals surface area contributed by atoms with Crippen LogP contribution in [0, 0.1) is 6.92 Å². The maximum atomic E-state index is 12.4. The molecule has 24 heavy (non-hydrogen) atoms. The van der Waals surface area contributed by atoms with Gasteiger partial charge in [-0.05, 0) is 36.1 Å². The molecule has 0 saturated carbocycles. The zero-order chi connectivity index (χ0) is 16.8. The Hall–Kier alpha value is -2.59. The fourth-order valence-corrected chi connectivity index (χ4v) is 3.21. The lowest BCUT2D eigenvalue weighted by molar-refractivity contribution is 0.0951. The van der Waals surface area contributed by atoms with Crippen molar-refractivity contribution in [3.63, 3.8) is 0 Å². The average Bonchev–Trinajstić information content (AvgIpc) is 3.10. The van der Waals surface area contributed by atoms with Gasteiger partial charge in [-0.25, -0.2) is 0 Å². The van der Waals surface area contributed by atoms with Crippen LogP contribution in [0.15, 0.2) is 66.0 Å². The Morgan fingerprint density at radius 1 is 1.04 bits per heavy atom. The van der Waals surface area contributed by atoms with E-state index in [1.165, 1.54) is 16.9 Å². The van der Waals surface area contributed by atoms with Crippen LogP contribution in [0.5, 0.6) is 5.75 Å². The Bertz CT molecular complexity index is 794. The van der Waals surface area contributed by atoms with Crippen molar-refractivity contribution in [1.29, 1.82) is 0 Å². The number of hydrogen-bond acceptors (Lipinski definition) is 3. The van der Waals surface area contributed by atoms with E-state index in [0.717, 1.165) is 21.8 Å². The van der Waals surface area contributed by atoms with Crippen molar-refractivity contribution in [2.75, 3.05) is 13.2 Å². The third-order valence-electron chi connectivity index (χ3n) is 3.63. The number of benzene rings is 2. The first-order valence-corrected chi connectivity index (χ1v) is 8.72. The number of ether oxygens (including phenoxy) is 1. The number of aryl methyl sites for hydroxylation is 1. The predicted molar refractivity (Wildman–Crippen MR) is 98.8 cm³/mol. The van der Waals surface area contributed by atoms with Crippen molar-refractivity contribution in [1.82, 2.24) is 5.32 Å². The molecule has 4 heteroatoms. The number of nitrogens with one attached hydrogen (secondary N) is 1. The van der Waals surface area contributed by atoms with Crippen LogP contribution in [0.2, 0.25) is 0 Å². The highest BCUT2D eigenvalue weighted by atomic mass is 32.1. The molecule has 3 aromatic rings. The molecule has 0 saturated heterocycles. The molecule has 2 aromatic carbocycles. The van der Waals surface area contributed by atoms with Gasteiger partial charge in [-0.15, -0.1) is 11.3 Å². The predicted octanol–water partition coefficient (Wildman–Crippen LogP) is 4.53. The normalized spacial score (nSPS) is 10.4. The summed E-state index contributed by atoms with van der Waals surface area (Å²) in [6.07, 6.45) is 0. The molecule has 0 bridgehead atoms.